The Kier molecular flexibility index (Phi) is 8.07. The summed E-state index contributed by atoms with van der Waals surface area (Å²) in [5.41, 5.74) is 5.27. The number of anilines is 2. The van der Waals surface area contributed by atoms with Crippen LogP contribution < -0.4 is 15.6 Å². The molecule has 0 atom stereocenters. The quantitative estimate of drug-likeness (QED) is 0.278. The molecular weight excluding hydrogens is 434 g/mol. The lowest BCUT2D eigenvalue weighted by atomic mass is 10.1. The number of carbonyl (C=O) groups is 2. The smallest absolute Gasteiger partial charge is 0.271 e. The number of hydrogen-bond acceptors (Lipinski definition) is 6. The van der Waals surface area contributed by atoms with Gasteiger partial charge in [0.05, 0.1) is 11.1 Å². The van der Waals surface area contributed by atoms with Crippen LogP contribution in [0, 0.1) is 10.1 Å². The first-order valence-corrected chi connectivity index (χ1v) is 10.8. The molecule has 0 spiro atoms. The van der Waals surface area contributed by atoms with Gasteiger partial charge in [-0.1, -0.05) is 18.2 Å². The normalized spacial score (nSPS) is 10.6. The number of nitro benzene ring substituents is 1. The molecule has 0 unspecified atom stereocenters. The molecule has 9 nitrogen and oxygen atoms in total. The maximum atomic E-state index is 12.3. The third kappa shape index (κ3) is 6.26. The van der Waals surface area contributed by atoms with Crippen LogP contribution in [-0.2, 0) is 0 Å². The van der Waals surface area contributed by atoms with Gasteiger partial charge in [0.25, 0.3) is 17.5 Å². The predicted molar refractivity (Wildman–Crippen MR) is 133 cm³/mol. The van der Waals surface area contributed by atoms with E-state index in [9.17, 15) is 19.7 Å². The van der Waals surface area contributed by atoms with Crippen molar-refractivity contribution in [2.24, 2.45) is 5.10 Å². The van der Waals surface area contributed by atoms with Gasteiger partial charge < -0.3 is 10.2 Å². The molecular formula is C25H25N5O4. The number of nitro groups is 1. The standard InChI is InChI=1S/C25H25N5O4/c1-3-29(4-2)22-14-8-18(9-15-22)17-26-28-25(32)19-10-12-21(13-11-19)27-24(31)20-6-5-7-23(16-20)30(33)34/h5-17H,3-4H2,1-2H3,(H,27,31)(H,28,32)/b26-17+. The molecule has 2 N–H and O–H groups in total. The second-order valence-corrected chi connectivity index (χ2v) is 7.30. The van der Waals surface area contributed by atoms with Gasteiger partial charge in [-0.3, -0.25) is 19.7 Å². The zero-order chi connectivity index (χ0) is 24.5. The molecule has 0 saturated heterocycles. The van der Waals surface area contributed by atoms with Crippen molar-refractivity contribution in [1.29, 1.82) is 0 Å². The molecule has 0 heterocycles. The summed E-state index contributed by atoms with van der Waals surface area (Å²) in [4.78, 5) is 37.2. The summed E-state index contributed by atoms with van der Waals surface area (Å²) < 4.78 is 0. The number of non-ortho nitro benzene ring substituents is 1. The molecule has 0 aliphatic carbocycles. The van der Waals surface area contributed by atoms with Crippen molar-refractivity contribution < 1.29 is 14.5 Å². The van der Waals surface area contributed by atoms with E-state index >= 15 is 0 Å². The SMILES string of the molecule is CCN(CC)c1ccc(/C=N/NC(=O)c2ccc(NC(=O)c3cccc([N+](=O)[O-])c3)cc2)cc1. The van der Waals surface area contributed by atoms with Crippen molar-refractivity contribution in [3.05, 3.63) is 99.6 Å². The van der Waals surface area contributed by atoms with Crippen molar-refractivity contribution >= 4 is 35.1 Å². The monoisotopic (exact) mass is 459 g/mol. The maximum absolute atomic E-state index is 12.3. The molecule has 3 rings (SSSR count). The zero-order valence-corrected chi connectivity index (χ0v) is 18.9. The van der Waals surface area contributed by atoms with Crippen LogP contribution in [0.4, 0.5) is 17.1 Å². The van der Waals surface area contributed by atoms with Crippen molar-refractivity contribution in [3.8, 4) is 0 Å². The average molecular weight is 460 g/mol. The lowest BCUT2D eigenvalue weighted by molar-refractivity contribution is -0.384. The molecule has 174 valence electrons. The molecule has 9 heteroatoms. The Balaban J connectivity index is 1.56. The van der Waals surface area contributed by atoms with Crippen molar-refractivity contribution in [2.75, 3.05) is 23.3 Å². The summed E-state index contributed by atoms with van der Waals surface area (Å²) in [6.45, 7) is 6.06. The van der Waals surface area contributed by atoms with Gasteiger partial charge in [-0.05, 0) is 61.9 Å². The summed E-state index contributed by atoms with van der Waals surface area (Å²) in [6.07, 6.45) is 1.57. The van der Waals surface area contributed by atoms with Crippen LogP contribution >= 0.6 is 0 Å². The van der Waals surface area contributed by atoms with E-state index in [1.165, 1.54) is 24.3 Å². The molecule has 0 aliphatic rings. The minimum atomic E-state index is -0.561. The molecule has 34 heavy (non-hydrogen) atoms. The third-order valence-electron chi connectivity index (χ3n) is 5.13. The second kappa shape index (κ2) is 11.4. The Morgan fingerprint density at radius 3 is 2.24 bits per heavy atom. The van der Waals surface area contributed by atoms with E-state index in [0.717, 1.165) is 24.3 Å². The summed E-state index contributed by atoms with van der Waals surface area (Å²) in [6, 6.07) is 19.6. The van der Waals surface area contributed by atoms with Crippen molar-refractivity contribution in [2.45, 2.75) is 13.8 Å². The van der Waals surface area contributed by atoms with Crippen LogP contribution in [0.1, 0.15) is 40.1 Å². The molecule has 0 radical (unpaired) electrons. The Labute approximate surface area is 197 Å². The average Bonchev–Trinajstić information content (AvgIpc) is 2.86. The van der Waals surface area contributed by atoms with Gasteiger partial charge in [-0.15, -0.1) is 0 Å². The molecule has 3 aromatic rings. The first-order valence-electron chi connectivity index (χ1n) is 10.8. The third-order valence-corrected chi connectivity index (χ3v) is 5.13. The molecule has 3 aromatic carbocycles. The topological polar surface area (TPSA) is 117 Å². The lowest BCUT2D eigenvalue weighted by Gasteiger charge is -2.20. The molecule has 0 saturated carbocycles. The zero-order valence-electron chi connectivity index (χ0n) is 18.9. The van der Waals surface area contributed by atoms with Crippen molar-refractivity contribution in [1.82, 2.24) is 5.43 Å². The van der Waals surface area contributed by atoms with Gasteiger partial charge in [-0.25, -0.2) is 5.43 Å². The van der Waals surface area contributed by atoms with Crippen LogP contribution in [0.25, 0.3) is 0 Å². The van der Waals surface area contributed by atoms with Crippen LogP contribution in [0.15, 0.2) is 77.9 Å². The van der Waals surface area contributed by atoms with Gasteiger partial charge in [0.2, 0.25) is 0 Å². The van der Waals surface area contributed by atoms with Crippen LogP contribution in [-0.4, -0.2) is 36.0 Å². The number of benzene rings is 3. The molecule has 0 aromatic heterocycles. The number of rotatable bonds is 9. The van der Waals surface area contributed by atoms with Gasteiger partial charge in [0, 0.05) is 47.7 Å². The van der Waals surface area contributed by atoms with Crippen molar-refractivity contribution in [3.63, 3.8) is 0 Å². The number of hydrogen-bond donors (Lipinski definition) is 2. The fraction of sp³-hybridized carbons (Fsp3) is 0.160. The summed E-state index contributed by atoms with van der Waals surface area (Å²) in [5, 5.41) is 17.5. The Morgan fingerprint density at radius 1 is 0.941 bits per heavy atom. The Hall–Kier alpha value is -4.53. The fourth-order valence-electron chi connectivity index (χ4n) is 3.26. The minimum Gasteiger partial charge on any atom is -0.372 e. The van der Waals surface area contributed by atoms with E-state index in [1.807, 2.05) is 24.3 Å². The fourth-order valence-corrected chi connectivity index (χ4v) is 3.26. The van der Waals surface area contributed by atoms with E-state index < -0.39 is 16.7 Å². The highest BCUT2D eigenvalue weighted by atomic mass is 16.6. The van der Waals surface area contributed by atoms with E-state index in [2.05, 4.69) is 34.6 Å². The summed E-state index contributed by atoms with van der Waals surface area (Å²) >= 11 is 0. The van der Waals surface area contributed by atoms with Gasteiger partial charge in [-0.2, -0.15) is 5.10 Å². The minimum absolute atomic E-state index is 0.162. The van der Waals surface area contributed by atoms with E-state index in [4.69, 9.17) is 0 Å². The Bertz CT molecular complexity index is 1190. The predicted octanol–water partition coefficient (Wildman–Crippen LogP) is 4.46. The maximum Gasteiger partial charge on any atom is 0.271 e. The highest BCUT2D eigenvalue weighted by Gasteiger charge is 2.12. The number of carbonyl (C=O) groups excluding carboxylic acids is 2. The van der Waals surface area contributed by atoms with E-state index in [-0.39, 0.29) is 11.3 Å². The highest BCUT2D eigenvalue weighted by Crippen LogP contribution is 2.16. The lowest BCUT2D eigenvalue weighted by Crippen LogP contribution is -2.21. The second-order valence-electron chi connectivity index (χ2n) is 7.30. The largest absolute Gasteiger partial charge is 0.372 e. The molecule has 2 amide bonds. The van der Waals surface area contributed by atoms with E-state index in [0.29, 0.717) is 11.3 Å². The molecule has 0 bridgehead atoms. The van der Waals surface area contributed by atoms with Gasteiger partial charge in [0.1, 0.15) is 0 Å². The van der Waals surface area contributed by atoms with Crippen LogP contribution in [0.5, 0.6) is 0 Å². The molecule has 0 fully saturated rings. The first kappa shape index (κ1) is 24.1. The van der Waals surface area contributed by atoms with Crippen LogP contribution in [0.2, 0.25) is 0 Å². The number of amides is 2. The summed E-state index contributed by atoms with van der Waals surface area (Å²) in [5.74, 6) is -0.884. The van der Waals surface area contributed by atoms with Crippen LogP contribution in [0.3, 0.4) is 0 Å². The number of nitrogens with one attached hydrogen (secondary N) is 2. The highest BCUT2D eigenvalue weighted by molar-refractivity contribution is 6.05. The molecule has 0 aliphatic heterocycles. The number of nitrogens with zero attached hydrogens (tertiary/aromatic N) is 3. The first-order chi connectivity index (χ1) is 16.4. The number of hydrazone groups is 1. The van der Waals surface area contributed by atoms with E-state index in [1.54, 1.807) is 30.5 Å². The summed E-state index contributed by atoms with van der Waals surface area (Å²) in [7, 11) is 0. The Morgan fingerprint density at radius 2 is 1.62 bits per heavy atom. The van der Waals surface area contributed by atoms with Gasteiger partial charge >= 0.3 is 0 Å². The van der Waals surface area contributed by atoms with Gasteiger partial charge in [0.15, 0.2) is 0 Å².